The van der Waals surface area contributed by atoms with Gasteiger partial charge in [0.15, 0.2) is 0 Å². The molecule has 0 spiro atoms. The van der Waals surface area contributed by atoms with Crippen molar-refractivity contribution in [2.45, 2.75) is 20.3 Å². The molecule has 0 aliphatic rings. The second-order valence-corrected chi connectivity index (χ2v) is 8.08. The Kier molecular flexibility index (Phi) is 5.86. The van der Waals surface area contributed by atoms with Crippen molar-refractivity contribution in [1.29, 1.82) is 0 Å². The van der Waals surface area contributed by atoms with Crippen LogP contribution in [0.2, 0.25) is 10.0 Å². The highest BCUT2D eigenvalue weighted by atomic mass is 35.5. The molecule has 0 unspecified atom stereocenters. The zero-order valence-corrected chi connectivity index (χ0v) is 18.4. The van der Waals surface area contributed by atoms with E-state index in [1.807, 2.05) is 37.3 Å². The van der Waals surface area contributed by atoms with E-state index in [2.05, 4.69) is 0 Å². The van der Waals surface area contributed by atoms with Gasteiger partial charge in [0.2, 0.25) is 0 Å². The third-order valence-corrected chi connectivity index (χ3v) is 5.78. The van der Waals surface area contributed by atoms with Crippen molar-refractivity contribution in [3.05, 3.63) is 109 Å². The van der Waals surface area contributed by atoms with Crippen LogP contribution in [0.25, 0.3) is 11.0 Å². The van der Waals surface area contributed by atoms with Crippen molar-refractivity contribution in [3.63, 3.8) is 0 Å². The van der Waals surface area contributed by atoms with Crippen molar-refractivity contribution in [2.24, 2.45) is 0 Å². The summed E-state index contributed by atoms with van der Waals surface area (Å²) < 4.78 is 11.2. The minimum atomic E-state index is -0.621. The molecular formula is C25H18Cl2O4. The van der Waals surface area contributed by atoms with Crippen LogP contribution in [0.15, 0.2) is 69.9 Å². The minimum Gasteiger partial charge on any atom is -0.422 e. The van der Waals surface area contributed by atoms with Crippen molar-refractivity contribution in [1.82, 2.24) is 0 Å². The number of carbonyl (C=O) groups excluding carboxylic acids is 1. The molecule has 1 aromatic heterocycles. The molecule has 4 rings (SSSR count). The molecule has 0 bridgehead atoms. The number of rotatable bonds is 4. The number of aryl methyl sites for hydroxylation is 2. The highest BCUT2D eigenvalue weighted by Gasteiger charge is 2.19. The van der Waals surface area contributed by atoms with Gasteiger partial charge in [0.1, 0.15) is 11.3 Å². The van der Waals surface area contributed by atoms with Gasteiger partial charge in [0.25, 0.3) is 0 Å². The predicted molar refractivity (Wildman–Crippen MR) is 123 cm³/mol. The normalized spacial score (nSPS) is 11.0. The average Bonchev–Trinajstić information content (AvgIpc) is 2.74. The molecule has 0 fully saturated rings. The van der Waals surface area contributed by atoms with Crippen LogP contribution in [-0.4, -0.2) is 5.97 Å². The van der Waals surface area contributed by atoms with E-state index in [0.29, 0.717) is 33.9 Å². The van der Waals surface area contributed by atoms with E-state index in [4.69, 9.17) is 32.4 Å². The molecule has 0 radical (unpaired) electrons. The minimum absolute atomic E-state index is 0.196. The Balaban J connectivity index is 1.71. The summed E-state index contributed by atoms with van der Waals surface area (Å²) in [6, 6.07) is 17.8. The first-order valence-electron chi connectivity index (χ1n) is 9.62. The van der Waals surface area contributed by atoms with Gasteiger partial charge < -0.3 is 9.15 Å². The van der Waals surface area contributed by atoms with Gasteiger partial charge in [-0.1, -0.05) is 53.5 Å². The molecule has 6 heteroatoms. The third kappa shape index (κ3) is 4.22. The van der Waals surface area contributed by atoms with E-state index in [-0.39, 0.29) is 10.6 Å². The Morgan fingerprint density at radius 3 is 2.42 bits per heavy atom. The largest absolute Gasteiger partial charge is 0.422 e. The summed E-state index contributed by atoms with van der Waals surface area (Å²) in [6.45, 7) is 3.64. The first-order chi connectivity index (χ1) is 14.8. The molecule has 3 aromatic carbocycles. The van der Waals surface area contributed by atoms with Crippen LogP contribution in [0.5, 0.6) is 5.75 Å². The summed E-state index contributed by atoms with van der Waals surface area (Å²) in [5.74, 6) is -0.328. The molecule has 1 heterocycles. The third-order valence-electron chi connectivity index (χ3n) is 5.23. The van der Waals surface area contributed by atoms with E-state index >= 15 is 0 Å². The van der Waals surface area contributed by atoms with E-state index in [1.165, 1.54) is 12.1 Å². The van der Waals surface area contributed by atoms with E-state index in [1.54, 1.807) is 25.1 Å². The molecule has 0 saturated carbocycles. The summed E-state index contributed by atoms with van der Waals surface area (Å²) in [5.41, 5.74) is 3.23. The monoisotopic (exact) mass is 452 g/mol. The van der Waals surface area contributed by atoms with Crippen LogP contribution in [0, 0.1) is 13.8 Å². The van der Waals surface area contributed by atoms with E-state index in [0.717, 1.165) is 16.5 Å². The predicted octanol–water partition coefficient (Wildman–Crippen LogP) is 6.53. The lowest BCUT2D eigenvalue weighted by Gasteiger charge is -2.13. The van der Waals surface area contributed by atoms with Crippen molar-refractivity contribution < 1.29 is 13.9 Å². The van der Waals surface area contributed by atoms with Crippen LogP contribution in [0.1, 0.15) is 32.6 Å². The van der Waals surface area contributed by atoms with Gasteiger partial charge in [-0.3, -0.25) is 0 Å². The van der Waals surface area contributed by atoms with Gasteiger partial charge >= 0.3 is 11.6 Å². The maximum atomic E-state index is 12.7. The van der Waals surface area contributed by atoms with Crippen molar-refractivity contribution in [3.8, 4) is 5.75 Å². The van der Waals surface area contributed by atoms with Crippen LogP contribution in [-0.2, 0) is 6.42 Å². The molecule has 0 aliphatic carbocycles. The Labute approximate surface area is 189 Å². The number of carbonyl (C=O) groups is 1. The second kappa shape index (κ2) is 8.58. The Hall–Kier alpha value is -3.08. The standard InChI is InChI=1S/C25H18Cl2O4/c1-14-18-10-11-22(30-24(28)19-9-8-17(26)13-21(19)27)15(2)23(18)31-25(29)20(14)12-16-6-4-3-5-7-16/h3-11,13H,12H2,1-2H3. The lowest BCUT2D eigenvalue weighted by Crippen LogP contribution is -2.13. The van der Waals surface area contributed by atoms with Gasteiger partial charge in [0, 0.05) is 28.0 Å². The summed E-state index contributed by atoms with van der Waals surface area (Å²) in [6.07, 6.45) is 0.482. The fraction of sp³-hybridized carbons (Fsp3) is 0.120. The highest BCUT2D eigenvalue weighted by Crippen LogP contribution is 2.31. The van der Waals surface area contributed by atoms with Crippen molar-refractivity contribution >= 4 is 40.1 Å². The lowest BCUT2D eigenvalue weighted by atomic mass is 9.98. The molecule has 0 saturated heterocycles. The second-order valence-electron chi connectivity index (χ2n) is 7.23. The molecule has 0 amide bonds. The molecule has 4 nitrogen and oxygen atoms in total. The van der Waals surface area contributed by atoms with Crippen LogP contribution < -0.4 is 10.4 Å². The number of benzene rings is 3. The summed E-state index contributed by atoms with van der Waals surface area (Å²) in [7, 11) is 0. The van der Waals surface area contributed by atoms with Crippen LogP contribution >= 0.6 is 23.2 Å². The molecular weight excluding hydrogens is 435 g/mol. The fourth-order valence-corrected chi connectivity index (χ4v) is 3.98. The fourth-order valence-electron chi connectivity index (χ4n) is 3.50. The zero-order chi connectivity index (χ0) is 22.1. The number of ether oxygens (including phenoxy) is 1. The Morgan fingerprint density at radius 1 is 0.968 bits per heavy atom. The first-order valence-corrected chi connectivity index (χ1v) is 10.4. The van der Waals surface area contributed by atoms with Gasteiger partial charge in [-0.05, 0) is 55.3 Å². The smallest absolute Gasteiger partial charge is 0.345 e. The number of hydrogen-bond acceptors (Lipinski definition) is 4. The topological polar surface area (TPSA) is 56.5 Å². The molecule has 0 aliphatic heterocycles. The SMILES string of the molecule is Cc1c(Cc2ccccc2)c(=O)oc2c(C)c(OC(=O)c3ccc(Cl)cc3Cl)ccc12. The summed E-state index contributed by atoms with van der Waals surface area (Å²) in [4.78, 5) is 25.3. The zero-order valence-electron chi connectivity index (χ0n) is 16.9. The number of halogens is 2. The van der Waals surface area contributed by atoms with E-state index < -0.39 is 11.6 Å². The van der Waals surface area contributed by atoms with Gasteiger partial charge in [-0.25, -0.2) is 9.59 Å². The van der Waals surface area contributed by atoms with Crippen LogP contribution in [0.3, 0.4) is 0 Å². The summed E-state index contributed by atoms with van der Waals surface area (Å²) >= 11 is 12.0. The summed E-state index contributed by atoms with van der Waals surface area (Å²) in [5, 5.41) is 1.42. The number of hydrogen-bond donors (Lipinski definition) is 0. The maximum absolute atomic E-state index is 12.7. The number of fused-ring (bicyclic) bond motifs is 1. The van der Waals surface area contributed by atoms with Gasteiger partial charge in [-0.2, -0.15) is 0 Å². The van der Waals surface area contributed by atoms with E-state index in [9.17, 15) is 9.59 Å². The highest BCUT2D eigenvalue weighted by molar-refractivity contribution is 6.36. The van der Waals surface area contributed by atoms with Gasteiger partial charge in [-0.15, -0.1) is 0 Å². The quantitative estimate of drug-likeness (QED) is 0.200. The maximum Gasteiger partial charge on any atom is 0.345 e. The van der Waals surface area contributed by atoms with Crippen LogP contribution in [0.4, 0.5) is 0 Å². The lowest BCUT2D eigenvalue weighted by molar-refractivity contribution is 0.0734. The Morgan fingerprint density at radius 2 is 1.71 bits per heavy atom. The molecule has 156 valence electrons. The molecule has 31 heavy (non-hydrogen) atoms. The molecule has 4 aromatic rings. The average molecular weight is 453 g/mol. The molecule has 0 atom stereocenters. The van der Waals surface area contributed by atoms with Gasteiger partial charge in [0.05, 0.1) is 10.6 Å². The molecule has 0 N–H and O–H groups in total. The number of esters is 1. The first kappa shape index (κ1) is 21.2. The van der Waals surface area contributed by atoms with Crippen molar-refractivity contribution in [2.75, 3.05) is 0 Å². The Bertz CT molecular complexity index is 1360.